The zero-order valence-corrected chi connectivity index (χ0v) is 32.4. The van der Waals surface area contributed by atoms with E-state index in [0.29, 0.717) is 24.9 Å². The smallest absolute Gasteiger partial charge is 0.411 e. The first-order valence-electron chi connectivity index (χ1n) is 21.1. The lowest BCUT2D eigenvalue weighted by Gasteiger charge is -2.49. The normalized spacial score (nSPS) is 34.8. The third-order valence-electron chi connectivity index (χ3n) is 16.9. The van der Waals surface area contributed by atoms with Crippen molar-refractivity contribution in [1.29, 1.82) is 0 Å². The van der Waals surface area contributed by atoms with Gasteiger partial charge in [0.05, 0.1) is 19.6 Å². The van der Waals surface area contributed by atoms with E-state index in [1.165, 1.54) is 69.4 Å². The van der Waals surface area contributed by atoms with E-state index in [4.69, 9.17) is 9.47 Å². The van der Waals surface area contributed by atoms with Gasteiger partial charge in [-0.15, -0.1) is 0 Å². The highest BCUT2D eigenvalue weighted by Gasteiger charge is 2.72. The van der Waals surface area contributed by atoms with Gasteiger partial charge in [0.15, 0.2) is 0 Å². The molecular weight excluding hydrogens is 697 g/mol. The summed E-state index contributed by atoms with van der Waals surface area (Å²) in [6.07, 6.45) is 10.0. The van der Waals surface area contributed by atoms with Crippen LogP contribution in [0.25, 0.3) is 0 Å². The number of amides is 2. The Morgan fingerprint density at radius 2 is 1.25 bits per heavy atom. The van der Waals surface area contributed by atoms with Crippen LogP contribution in [-0.4, -0.2) is 61.6 Å². The van der Waals surface area contributed by atoms with Gasteiger partial charge in [-0.2, -0.15) is 0 Å². The number of rotatable bonds is 3. The third-order valence-corrected chi connectivity index (χ3v) is 16.9. The van der Waals surface area contributed by atoms with Crippen LogP contribution in [0.3, 0.4) is 0 Å². The summed E-state index contributed by atoms with van der Waals surface area (Å²) in [5, 5.41) is 7.90. The monoisotopic (exact) mass is 746 g/mol. The minimum Gasteiger partial charge on any atom is -0.453 e. The number of benzene rings is 4. The van der Waals surface area contributed by atoms with Gasteiger partial charge in [0.1, 0.15) is 12.3 Å². The number of ether oxygens (including phenoxy) is 2. The fraction of sp³-hybridized carbons (Fsp3) is 0.458. The Morgan fingerprint density at radius 1 is 0.589 bits per heavy atom. The van der Waals surface area contributed by atoms with Gasteiger partial charge < -0.3 is 20.1 Å². The van der Waals surface area contributed by atoms with E-state index in [9.17, 15) is 9.59 Å². The lowest BCUT2D eigenvalue weighted by molar-refractivity contribution is 0.0993. The van der Waals surface area contributed by atoms with Crippen molar-refractivity contribution in [3.05, 3.63) is 129 Å². The van der Waals surface area contributed by atoms with E-state index in [0.717, 1.165) is 37.1 Å². The number of carbonyl (C=O) groups excluding carboxylic acids is 2. The number of carbonyl (C=O) groups is 2. The number of methoxy groups -OCH3 is 2. The van der Waals surface area contributed by atoms with Crippen LogP contribution in [-0.2, 0) is 44.0 Å². The maximum absolute atomic E-state index is 13.9. The lowest BCUT2D eigenvalue weighted by atomic mass is 9.53. The Morgan fingerprint density at radius 3 is 2.09 bits per heavy atom. The zero-order chi connectivity index (χ0) is 37.6. The van der Waals surface area contributed by atoms with Crippen molar-refractivity contribution < 1.29 is 19.1 Å². The van der Waals surface area contributed by atoms with E-state index in [1.807, 2.05) is 9.80 Å². The maximum Gasteiger partial charge on any atom is 0.411 e. The molecule has 2 saturated carbocycles. The fourth-order valence-corrected chi connectivity index (χ4v) is 15.2. The predicted octanol–water partition coefficient (Wildman–Crippen LogP) is 8.59. The maximum atomic E-state index is 13.9. The number of fused-ring (bicyclic) bond motifs is 13. The molecule has 0 radical (unpaired) electrons. The summed E-state index contributed by atoms with van der Waals surface area (Å²) in [7, 11) is 2.99. The van der Waals surface area contributed by atoms with Crippen LogP contribution in [0.15, 0.2) is 84.9 Å². The molecule has 4 fully saturated rings. The molecule has 4 aromatic rings. The molecule has 2 N–H and O–H groups in total. The topological polar surface area (TPSA) is 83.1 Å². The van der Waals surface area contributed by atoms with Gasteiger partial charge in [-0.3, -0.25) is 9.80 Å². The van der Waals surface area contributed by atoms with Crippen LogP contribution in [0.4, 0.5) is 21.0 Å². The SMILES string of the molecule is COC(=O)N1CC[C@]2(c3cccc4c3N[C@H]3N(C(=O)OC)CC[C@@]43[C@]34CCC[C@H]3Cc3c([C@]56CCC[C@H]5Cc5ccccc56)cccc34)c3ccccc3N[C@H]12. The van der Waals surface area contributed by atoms with Crippen LogP contribution >= 0.6 is 0 Å². The number of para-hydroxylation sites is 2. The van der Waals surface area contributed by atoms with Gasteiger partial charge in [0, 0.05) is 40.7 Å². The average molecular weight is 747 g/mol. The van der Waals surface area contributed by atoms with Crippen molar-refractivity contribution in [2.45, 2.75) is 98.2 Å². The molecule has 286 valence electrons. The highest BCUT2D eigenvalue weighted by atomic mass is 16.5. The van der Waals surface area contributed by atoms with Crippen LogP contribution < -0.4 is 10.6 Å². The van der Waals surface area contributed by atoms with Crippen molar-refractivity contribution in [2.24, 2.45) is 11.8 Å². The predicted molar refractivity (Wildman–Crippen MR) is 215 cm³/mol. The van der Waals surface area contributed by atoms with E-state index in [2.05, 4.69) is 95.6 Å². The minimum atomic E-state index is -0.501. The Hall–Kier alpha value is -4.98. The van der Waals surface area contributed by atoms with E-state index in [1.54, 1.807) is 27.8 Å². The third kappa shape index (κ3) is 3.65. The molecule has 56 heavy (non-hydrogen) atoms. The Labute approximate surface area is 328 Å². The summed E-state index contributed by atoms with van der Waals surface area (Å²) in [5.74, 6) is 1.13. The molecule has 0 bridgehead atoms. The van der Waals surface area contributed by atoms with Crippen molar-refractivity contribution in [3.8, 4) is 0 Å². The number of nitrogens with one attached hydrogen (secondary N) is 2. The summed E-state index contributed by atoms with van der Waals surface area (Å²) >= 11 is 0. The standard InChI is InChI=1S/C48H50N4O4/c1-55-43(53)51-25-23-46(36-15-5-6-20-39(36)49-41(46)51)37-18-8-19-38-40(37)50-42-48(38,24-26-52(42)44(54)56-2)47-22-10-13-31(47)28-32-34(16-7-17-35(32)47)45-21-9-12-30(45)27-29-11-3-4-14-33(29)45/h3-8,11,14-20,30-31,41-42,49-50H,9-10,12-13,21-28H2,1-2H3/t30-,31-,41+,42-,45+,46+,47+,48+/m0/s1. The van der Waals surface area contributed by atoms with Gasteiger partial charge in [-0.1, -0.05) is 91.7 Å². The number of hydrogen-bond acceptors (Lipinski definition) is 6. The van der Waals surface area contributed by atoms with Crippen molar-refractivity contribution >= 4 is 23.6 Å². The van der Waals surface area contributed by atoms with Gasteiger partial charge in [0.2, 0.25) is 0 Å². The largest absolute Gasteiger partial charge is 0.453 e. The molecule has 0 spiro atoms. The molecule has 4 aliphatic heterocycles. The number of likely N-dealkylation sites (tertiary alicyclic amines) is 2. The van der Waals surface area contributed by atoms with Crippen molar-refractivity contribution in [1.82, 2.24) is 9.80 Å². The van der Waals surface area contributed by atoms with Crippen molar-refractivity contribution in [2.75, 3.05) is 37.9 Å². The summed E-state index contributed by atoms with van der Waals surface area (Å²) < 4.78 is 10.9. The minimum absolute atomic E-state index is 0.0799. The summed E-state index contributed by atoms with van der Waals surface area (Å²) in [5.41, 5.74) is 12.8. The molecule has 8 atom stereocenters. The molecular formula is C48H50N4O4. The second-order valence-electron chi connectivity index (χ2n) is 18.2. The van der Waals surface area contributed by atoms with Crippen LogP contribution in [0, 0.1) is 11.8 Å². The van der Waals surface area contributed by atoms with Gasteiger partial charge >= 0.3 is 12.2 Å². The number of hydrogen-bond donors (Lipinski definition) is 2. The second-order valence-corrected chi connectivity index (χ2v) is 18.2. The Balaban J connectivity index is 1.08. The van der Waals surface area contributed by atoms with E-state index >= 15 is 0 Å². The van der Waals surface area contributed by atoms with Crippen LogP contribution in [0.1, 0.15) is 95.9 Å². The molecule has 2 amide bonds. The summed E-state index contributed by atoms with van der Waals surface area (Å²) in [4.78, 5) is 31.1. The first-order valence-corrected chi connectivity index (χ1v) is 21.1. The van der Waals surface area contributed by atoms with Gasteiger partial charge in [0.25, 0.3) is 0 Å². The van der Waals surface area contributed by atoms with Crippen LogP contribution in [0.2, 0.25) is 0 Å². The lowest BCUT2D eigenvalue weighted by Crippen LogP contribution is -2.57. The van der Waals surface area contributed by atoms with Crippen LogP contribution in [0.5, 0.6) is 0 Å². The quantitative estimate of drug-likeness (QED) is 0.219. The molecule has 0 aromatic heterocycles. The second kappa shape index (κ2) is 11.3. The highest BCUT2D eigenvalue weighted by molar-refractivity contribution is 5.81. The highest BCUT2D eigenvalue weighted by Crippen LogP contribution is 2.71. The molecule has 8 aliphatic rings. The van der Waals surface area contributed by atoms with E-state index in [-0.39, 0.29) is 40.8 Å². The molecule has 4 heterocycles. The Kier molecular flexibility index (Phi) is 6.71. The number of anilines is 2. The molecule has 8 heteroatoms. The fourth-order valence-electron chi connectivity index (χ4n) is 15.2. The molecule has 2 saturated heterocycles. The first-order chi connectivity index (χ1) is 27.4. The summed E-state index contributed by atoms with van der Waals surface area (Å²) in [6.45, 7) is 1.23. The molecule has 4 aliphatic carbocycles. The zero-order valence-electron chi connectivity index (χ0n) is 32.4. The average Bonchev–Trinajstić information content (AvgIpc) is 4.09. The molecule has 8 nitrogen and oxygen atoms in total. The number of nitrogens with zero attached hydrogens (tertiary/aromatic N) is 2. The molecule has 0 unspecified atom stereocenters. The van der Waals surface area contributed by atoms with Crippen molar-refractivity contribution in [3.63, 3.8) is 0 Å². The van der Waals surface area contributed by atoms with Gasteiger partial charge in [-0.05, 0) is 114 Å². The van der Waals surface area contributed by atoms with E-state index < -0.39 is 5.41 Å². The first kappa shape index (κ1) is 33.2. The summed E-state index contributed by atoms with van der Waals surface area (Å²) in [6, 6.07) is 32.2. The Bertz CT molecular complexity index is 2360. The molecule has 4 aromatic carbocycles. The molecule has 12 rings (SSSR count). The van der Waals surface area contributed by atoms with Gasteiger partial charge in [-0.25, -0.2) is 9.59 Å².